The van der Waals surface area contributed by atoms with Crippen LogP contribution in [-0.2, 0) is 9.53 Å². The molecule has 0 spiro atoms. The predicted molar refractivity (Wildman–Crippen MR) is 76.8 cm³/mol. The molecule has 6 heteroatoms. The maximum atomic E-state index is 11.8. The van der Waals surface area contributed by atoms with E-state index in [1.807, 2.05) is 19.1 Å². The SMILES string of the molecule is CNC(C)(CC(C)Oc1ccc2c(c1)OCO2)C(=O)OC. The number of rotatable bonds is 6. The number of nitrogens with one attached hydrogen (secondary N) is 1. The molecule has 2 rings (SSSR count). The van der Waals surface area contributed by atoms with Gasteiger partial charge in [-0.1, -0.05) is 0 Å². The number of hydrogen-bond acceptors (Lipinski definition) is 6. The average Bonchev–Trinajstić information content (AvgIpc) is 2.93. The Bertz CT molecular complexity index is 519. The molecular weight excluding hydrogens is 274 g/mol. The number of hydrogen-bond donors (Lipinski definition) is 1. The highest BCUT2D eigenvalue weighted by molar-refractivity contribution is 5.80. The van der Waals surface area contributed by atoms with Crippen molar-refractivity contribution < 1.29 is 23.7 Å². The molecule has 1 aliphatic heterocycles. The first-order valence-corrected chi connectivity index (χ1v) is 6.82. The second-order valence-electron chi connectivity index (χ2n) is 5.22. The summed E-state index contributed by atoms with van der Waals surface area (Å²) in [6.45, 7) is 3.93. The van der Waals surface area contributed by atoms with Crippen molar-refractivity contribution in [3.05, 3.63) is 18.2 Å². The number of methoxy groups -OCH3 is 1. The van der Waals surface area contributed by atoms with Crippen LogP contribution in [0.2, 0.25) is 0 Å². The average molecular weight is 295 g/mol. The molecule has 0 bridgehead atoms. The zero-order valence-corrected chi connectivity index (χ0v) is 12.8. The Hall–Kier alpha value is -1.95. The van der Waals surface area contributed by atoms with Gasteiger partial charge in [0.2, 0.25) is 6.79 Å². The van der Waals surface area contributed by atoms with Gasteiger partial charge in [-0.05, 0) is 33.0 Å². The molecule has 2 atom stereocenters. The van der Waals surface area contributed by atoms with Gasteiger partial charge in [0.05, 0.1) is 13.2 Å². The van der Waals surface area contributed by atoms with Crippen LogP contribution in [0, 0.1) is 0 Å². The zero-order valence-electron chi connectivity index (χ0n) is 12.8. The topological polar surface area (TPSA) is 66.0 Å². The molecule has 0 fully saturated rings. The summed E-state index contributed by atoms with van der Waals surface area (Å²) in [7, 11) is 3.10. The van der Waals surface area contributed by atoms with Crippen molar-refractivity contribution in [2.75, 3.05) is 21.0 Å². The van der Waals surface area contributed by atoms with Gasteiger partial charge in [0.25, 0.3) is 0 Å². The summed E-state index contributed by atoms with van der Waals surface area (Å²) in [5.41, 5.74) is -0.787. The Balaban J connectivity index is 2.01. The largest absolute Gasteiger partial charge is 0.490 e. The van der Waals surface area contributed by atoms with E-state index in [1.165, 1.54) is 7.11 Å². The van der Waals surface area contributed by atoms with Gasteiger partial charge in [-0.2, -0.15) is 0 Å². The Kier molecular flexibility index (Phi) is 4.57. The van der Waals surface area contributed by atoms with Crippen LogP contribution < -0.4 is 19.5 Å². The van der Waals surface area contributed by atoms with E-state index >= 15 is 0 Å². The lowest BCUT2D eigenvalue weighted by atomic mass is 9.95. The third kappa shape index (κ3) is 3.39. The molecule has 1 N–H and O–H groups in total. The molecular formula is C15H21NO5. The Morgan fingerprint density at radius 1 is 1.43 bits per heavy atom. The molecule has 0 saturated heterocycles. The van der Waals surface area contributed by atoms with Crippen molar-refractivity contribution in [1.29, 1.82) is 0 Å². The fraction of sp³-hybridized carbons (Fsp3) is 0.533. The van der Waals surface area contributed by atoms with Gasteiger partial charge in [-0.15, -0.1) is 0 Å². The van der Waals surface area contributed by atoms with Gasteiger partial charge in [0.1, 0.15) is 11.3 Å². The number of likely N-dealkylation sites (N-methyl/N-ethyl adjacent to an activating group) is 1. The van der Waals surface area contributed by atoms with Gasteiger partial charge in [-0.25, -0.2) is 0 Å². The molecule has 116 valence electrons. The van der Waals surface area contributed by atoms with Gasteiger partial charge in [-0.3, -0.25) is 4.79 Å². The van der Waals surface area contributed by atoms with Crippen LogP contribution in [-0.4, -0.2) is 38.6 Å². The van der Waals surface area contributed by atoms with Crippen molar-refractivity contribution >= 4 is 5.97 Å². The molecule has 6 nitrogen and oxygen atoms in total. The van der Waals surface area contributed by atoms with Crippen LogP contribution in [0.5, 0.6) is 17.2 Å². The lowest BCUT2D eigenvalue weighted by molar-refractivity contribution is -0.148. The van der Waals surface area contributed by atoms with Crippen LogP contribution in [0.15, 0.2) is 18.2 Å². The highest BCUT2D eigenvalue weighted by Gasteiger charge is 2.35. The van der Waals surface area contributed by atoms with Crippen LogP contribution in [0.1, 0.15) is 20.3 Å². The number of ether oxygens (including phenoxy) is 4. The predicted octanol–water partition coefficient (Wildman–Crippen LogP) is 1.72. The summed E-state index contributed by atoms with van der Waals surface area (Å²) in [4.78, 5) is 11.8. The molecule has 0 aliphatic carbocycles. The van der Waals surface area contributed by atoms with Crippen LogP contribution in [0.25, 0.3) is 0 Å². The van der Waals surface area contributed by atoms with Crippen molar-refractivity contribution in [3.63, 3.8) is 0 Å². The lowest BCUT2D eigenvalue weighted by Gasteiger charge is -2.29. The normalized spacial score (nSPS) is 17.0. The standard InChI is InChI=1S/C15H21NO5/c1-10(8-15(2,16-3)14(17)18-4)21-11-5-6-12-13(7-11)20-9-19-12/h5-7,10,16H,8-9H2,1-4H3. The molecule has 0 amide bonds. The maximum Gasteiger partial charge on any atom is 0.325 e. The van der Waals surface area contributed by atoms with Crippen LogP contribution >= 0.6 is 0 Å². The summed E-state index contributed by atoms with van der Waals surface area (Å²) < 4.78 is 21.2. The van der Waals surface area contributed by atoms with Crippen molar-refractivity contribution in [1.82, 2.24) is 5.32 Å². The zero-order chi connectivity index (χ0) is 15.5. The smallest absolute Gasteiger partial charge is 0.325 e. The minimum atomic E-state index is -0.787. The van der Waals surface area contributed by atoms with Gasteiger partial charge < -0.3 is 24.3 Å². The quantitative estimate of drug-likeness (QED) is 0.806. The summed E-state index contributed by atoms with van der Waals surface area (Å²) in [6.07, 6.45) is 0.298. The number of fused-ring (bicyclic) bond motifs is 1. The van der Waals surface area contributed by atoms with E-state index in [1.54, 1.807) is 20.0 Å². The number of esters is 1. The first-order chi connectivity index (χ1) is 9.98. The molecule has 0 aromatic heterocycles. The fourth-order valence-corrected chi connectivity index (χ4v) is 2.31. The molecule has 1 aromatic carbocycles. The molecule has 1 aromatic rings. The molecule has 0 saturated carbocycles. The molecule has 0 radical (unpaired) electrons. The number of carbonyl (C=O) groups is 1. The first-order valence-electron chi connectivity index (χ1n) is 6.82. The third-order valence-electron chi connectivity index (χ3n) is 3.56. The Morgan fingerprint density at radius 3 is 2.81 bits per heavy atom. The van der Waals surface area contributed by atoms with Gasteiger partial charge >= 0.3 is 5.97 Å². The summed E-state index contributed by atoms with van der Waals surface area (Å²) in [6, 6.07) is 5.41. The Morgan fingerprint density at radius 2 is 2.14 bits per heavy atom. The van der Waals surface area contributed by atoms with Crippen molar-refractivity contribution in [2.45, 2.75) is 31.9 Å². The molecule has 2 unspecified atom stereocenters. The molecule has 21 heavy (non-hydrogen) atoms. The highest BCUT2D eigenvalue weighted by atomic mass is 16.7. The van der Waals surface area contributed by atoms with Crippen molar-refractivity contribution in [3.8, 4) is 17.2 Å². The number of benzene rings is 1. The lowest BCUT2D eigenvalue weighted by Crippen LogP contribution is -2.50. The van der Waals surface area contributed by atoms with Gasteiger partial charge in [0, 0.05) is 12.5 Å². The van der Waals surface area contributed by atoms with E-state index < -0.39 is 5.54 Å². The van der Waals surface area contributed by atoms with Crippen molar-refractivity contribution in [2.24, 2.45) is 0 Å². The van der Waals surface area contributed by atoms with E-state index in [0.717, 1.165) is 0 Å². The monoisotopic (exact) mass is 295 g/mol. The molecule has 1 aliphatic rings. The summed E-state index contributed by atoms with van der Waals surface area (Å²) in [5.74, 6) is 1.75. The van der Waals surface area contributed by atoms with Gasteiger partial charge in [0.15, 0.2) is 11.5 Å². The summed E-state index contributed by atoms with van der Waals surface area (Å²) in [5, 5.41) is 2.99. The maximum absolute atomic E-state index is 11.8. The summed E-state index contributed by atoms with van der Waals surface area (Å²) >= 11 is 0. The van der Waals surface area contributed by atoms with Crippen LogP contribution in [0.4, 0.5) is 0 Å². The van der Waals surface area contributed by atoms with E-state index in [2.05, 4.69) is 5.32 Å². The van der Waals surface area contributed by atoms with E-state index in [4.69, 9.17) is 18.9 Å². The Labute approximate surface area is 124 Å². The molecule has 1 heterocycles. The highest BCUT2D eigenvalue weighted by Crippen LogP contribution is 2.35. The second kappa shape index (κ2) is 6.22. The van der Waals surface area contributed by atoms with E-state index in [0.29, 0.717) is 23.7 Å². The number of carbonyl (C=O) groups excluding carboxylic acids is 1. The van der Waals surface area contributed by atoms with E-state index in [-0.39, 0.29) is 18.9 Å². The minimum Gasteiger partial charge on any atom is -0.490 e. The minimum absolute atomic E-state index is 0.179. The third-order valence-corrected chi connectivity index (χ3v) is 3.56. The van der Waals surface area contributed by atoms with E-state index in [9.17, 15) is 4.79 Å². The second-order valence-corrected chi connectivity index (χ2v) is 5.22. The first kappa shape index (κ1) is 15.4. The fourth-order valence-electron chi connectivity index (χ4n) is 2.31. The van der Waals surface area contributed by atoms with Crippen LogP contribution in [0.3, 0.4) is 0 Å².